The van der Waals surface area contributed by atoms with Crippen LogP contribution in [-0.2, 0) is 11.4 Å². The summed E-state index contributed by atoms with van der Waals surface area (Å²) in [6.07, 6.45) is 1.49. The lowest BCUT2D eigenvalue weighted by atomic mass is 10.2. The predicted octanol–water partition coefficient (Wildman–Crippen LogP) is 6.30. The summed E-state index contributed by atoms with van der Waals surface area (Å²) < 4.78 is 12.6. The Labute approximate surface area is 211 Å². The van der Waals surface area contributed by atoms with Crippen LogP contribution in [0.1, 0.15) is 18.1 Å². The Morgan fingerprint density at radius 1 is 1.06 bits per heavy atom. The van der Waals surface area contributed by atoms with E-state index in [4.69, 9.17) is 32.7 Å². The van der Waals surface area contributed by atoms with Crippen molar-refractivity contribution in [1.82, 2.24) is 5.43 Å². The summed E-state index contributed by atoms with van der Waals surface area (Å²) in [5.41, 5.74) is 4.92. The molecule has 6 nitrogen and oxygen atoms in total. The molecule has 0 aliphatic heterocycles. The van der Waals surface area contributed by atoms with E-state index in [1.807, 2.05) is 43.3 Å². The molecule has 0 atom stereocenters. The summed E-state index contributed by atoms with van der Waals surface area (Å²) in [6, 6.07) is 18.3. The molecule has 0 fully saturated rings. The van der Waals surface area contributed by atoms with E-state index in [0.29, 0.717) is 40.3 Å². The molecular formula is C24H22BrCl2N3O3. The molecule has 0 saturated heterocycles. The van der Waals surface area contributed by atoms with Crippen LogP contribution in [0.15, 0.2) is 70.2 Å². The van der Waals surface area contributed by atoms with Crippen molar-refractivity contribution in [2.45, 2.75) is 13.5 Å². The molecule has 0 bridgehead atoms. The molecule has 2 N–H and O–H groups in total. The van der Waals surface area contributed by atoms with E-state index < -0.39 is 0 Å². The van der Waals surface area contributed by atoms with Crippen LogP contribution in [0.3, 0.4) is 0 Å². The summed E-state index contributed by atoms with van der Waals surface area (Å²) in [6.45, 7) is 2.70. The molecule has 0 radical (unpaired) electrons. The van der Waals surface area contributed by atoms with Gasteiger partial charge in [-0.2, -0.15) is 5.10 Å². The largest absolute Gasteiger partial charge is 0.490 e. The molecule has 0 aromatic heterocycles. The van der Waals surface area contributed by atoms with Gasteiger partial charge in [0.15, 0.2) is 11.5 Å². The fourth-order valence-electron chi connectivity index (χ4n) is 2.77. The molecule has 9 heteroatoms. The molecule has 3 rings (SSSR count). The van der Waals surface area contributed by atoms with Gasteiger partial charge in [-0.3, -0.25) is 4.79 Å². The van der Waals surface area contributed by atoms with Gasteiger partial charge in [0.1, 0.15) is 6.61 Å². The average molecular weight is 551 g/mol. The smallest absolute Gasteiger partial charge is 0.259 e. The zero-order valence-corrected chi connectivity index (χ0v) is 20.9. The van der Waals surface area contributed by atoms with E-state index in [0.717, 1.165) is 15.7 Å². The number of hydrogen-bond donors (Lipinski definition) is 2. The molecule has 1 amide bonds. The Balaban J connectivity index is 1.60. The Morgan fingerprint density at radius 3 is 2.48 bits per heavy atom. The van der Waals surface area contributed by atoms with Crippen molar-refractivity contribution in [2.24, 2.45) is 5.10 Å². The van der Waals surface area contributed by atoms with E-state index in [1.165, 1.54) is 6.21 Å². The number of hydrogen-bond acceptors (Lipinski definition) is 5. The van der Waals surface area contributed by atoms with Crippen LogP contribution in [0.4, 0.5) is 5.69 Å². The highest BCUT2D eigenvalue weighted by Gasteiger charge is 2.13. The van der Waals surface area contributed by atoms with Crippen molar-refractivity contribution >= 4 is 56.9 Å². The first-order chi connectivity index (χ1) is 15.9. The first kappa shape index (κ1) is 24.9. The number of carbonyl (C=O) groups excluding carboxylic acids is 1. The molecule has 0 heterocycles. The second-order valence-electron chi connectivity index (χ2n) is 6.83. The molecule has 0 unspecified atom stereocenters. The number of benzene rings is 3. The Kier molecular flexibility index (Phi) is 9.42. The molecule has 3 aromatic carbocycles. The van der Waals surface area contributed by atoms with Crippen LogP contribution in [0.2, 0.25) is 10.0 Å². The van der Waals surface area contributed by atoms with Gasteiger partial charge in [0.05, 0.1) is 24.4 Å². The first-order valence-electron chi connectivity index (χ1n) is 10.1. The van der Waals surface area contributed by atoms with Crippen LogP contribution in [0.5, 0.6) is 11.5 Å². The Bertz CT molecular complexity index is 1110. The zero-order valence-electron chi connectivity index (χ0n) is 17.8. The van der Waals surface area contributed by atoms with Gasteiger partial charge in [0.2, 0.25) is 0 Å². The summed E-state index contributed by atoms with van der Waals surface area (Å²) in [7, 11) is 0. The average Bonchev–Trinajstić information content (AvgIpc) is 2.79. The van der Waals surface area contributed by atoms with Crippen LogP contribution in [0, 0.1) is 0 Å². The van der Waals surface area contributed by atoms with Crippen molar-refractivity contribution in [3.63, 3.8) is 0 Å². The normalized spacial score (nSPS) is 10.8. The molecule has 0 spiro atoms. The fourth-order valence-corrected chi connectivity index (χ4v) is 3.43. The minimum Gasteiger partial charge on any atom is -0.490 e. The number of hydrazone groups is 1. The molecule has 3 aromatic rings. The van der Waals surface area contributed by atoms with Crippen LogP contribution < -0.4 is 20.2 Å². The Morgan fingerprint density at radius 2 is 1.79 bits per heavy atom. The highest BCUT2D eigenvalue weighted by atomic mass is 79.9. The first-order valence-corrected chi connectivity index (χ1v) is 11.6. The van der Waals surface area contributed by atoms with Crippen LogP contribution in [0.25, 0.3) is 0 Å². The van der Waals surface area contributed by atoms with E-state index in [1.54, 1.807) is 24.3 Å². The maximum Gasteiger partial charge on any atom is 0.259 e. The minimum absolute atomic E-state index is 0.0847. The quantitative estimate of drug-likeness (QED) is 0.230. The third-order valence-electron chi connectivity index (χ3n) is 4.33. The maximum atomic E-state index is 12.0. The van der Waals surface area contributed by atoms with Gasteiger partial charge < -0.3 is 14.8 Å². The third-order valence-corrected chi connectivity index (χ3v) is 5.39. The predicted molar refractivity (Wildman–Crippen MR) is 137 cm³/mol. The summed E-state index contributed by atoms with van der Waals surface area (Å²) in [4.78, 5) is 12.0. The van der Waals surface area contributed by atoms with E-state index >= 15 is 0 Å². The van der Waals surface area contributed by atoms with Gasteiger partial charge in [-0.1, -0.05) is 51.3 Å². The van der Waals surface area contributed by atoms with Crippen molar-refractivity contribution in [1.29, 1.82) is 0 Å². The number of anilines is 1. The monoisotopic (exact) mass is 549 g/mol. The lowest BCUT2D eigenvalue weighted by Gasteiger charge is -2.14. The fraction of sp³-hybridized carbons (Fsp3) is 0.167. The number of amides is 1. The minimum atomic E-state index is -0.284. The van der Waals surface area contributed by atoms with Crippen LogP contribution >= 0.6 is 39.1 Å². The van der Waals surface area contributed by atoms with Gasteiger partial charge in [0.25, 0.3) is 5.91 Å². The lowest BCUT2D eigenvalue weighted by molar-refractivity contribution is -0.119. The lowest BCUT2D eigenvalue weighted by Crippen LogP contribution is -2.25. The SMILES string of the molecule is CCOc1cc(/C=N\NC(=O)CNc2ccc(Br)cc2)cc(Cl)c1OCc1ccc(Cl)cc1. The standard InChI is InChI=1S/C24H22BrCl2N3O3/c1-2-32-22-12-17(11-21(27)24(22)33-15-16-3-7-19(26)8-4-16)13-29-30-23(31)14-28-20-9-5-18(25)6-10-20/h3-13,28H,2,14-15H2,1H3,(H,30,31)/b29-13-. The zero-order chi connectivity index (χ0) is 23.6. The Hall–Kier alpha value is -2.74. The number of rotatable bonds is 10. The summed E-state index contributed by atoms with van der Waals surface area (Å²) in [5, 5.41) is 8.06. The van der Waals surface area contributed by atoms with Crippen molar-refractivity contribution in [3.05, 3.63) is 86.3 Å². The number of nitrogens with zero attached hydrogens (tertiary/aromatic N) is 1. The maximum absolute atomic E-state index is 12.0. The number of carbonyl (C=O) groups is 1. The molecular weight excluding hydrogens is 529 g/mol. The number of ether oxygens (including phenoxy) is 2. The second kappa shape index (κ2) is 12.5. The van der Waals surface area contributed by atoms with E-state index in [9.17, 15) is 4.79 Å². The molecule has 0 saturated carbocycles. The third kappa shape index (κ3) is 7.96. The van der Waals surface area contributed by atoms with Gasteiger partial charge in [-0.15, -0.1) is 0 Å². The van der Waals surface area contributed by atoms with Crippen LogP contribution in [-0.4, -0.2) is 25.3 Å². The van der Waals surface area contributed by atoms with Crippen molar-refractivity contribution < 1.29 is 14.3 Å². The van der Waals surface area contributed by atoms with Gasteiger partial charge in [-0.05, 0) is 66.6 Å². The van der Waals surface area contributed by atoms with Gasteiger partial charge >= 0.3 is 0 Å². The summed E-state index contributed by atoms with van der Waals surface area (Å²) in [5.74, 6) is 0.644. The molecule has 0 aliphatic rings. The highest BCUT2D eigenvalue weighted by Crippen LogP contribution is 2.37. The van der Waals surface area contributed by atoms with Crippen molar-refractivity contribution in [2.75, 3.05) is 18.5 Å². The molecule has 0 aliphatic carbocycles. The second-order valence-corrected chi connectivity index (χ2v) is 8.59. The molecule has 33 heavy (non-hydrogen) atoms. The highest BCUT2D eigenvalue weighted by molar-refractivity contribution is 9.10. The van der Waals surface area contributed by atoms with Gasteiger partial charge in [-0.25, -0.2) is 5.43 Å². The topological polar surface area (TPSA) is 72.0 Å². The summed E-state index contributed by atoms with van der Waals surface area (Å²) >= 11 is 15.7. The number of halogens is 3. The van der Waals surface area contributed by atoms with Gasteiger partial charge in [0, 0.05) is 15.2 Å². The van der Waals surface area contributed by atoms with E-state index in [-0.39, 0.29) is 12.5 Å². The number of nitrogens with one attached hydrogen (secondary N) is 2. The van der Waals surface area contributed by atoms with Crippen molar-refractivity contribution in [3.8, 4) is 11.5 Å². The molecule has 172 valence electrons. The van der Waals surface area contributed by atoms with E-state index in [2.05, 4.69) is 31.8 Å².